The molecular formula is C11H21N3. The van der Waals surface area contributed by atoms with Crippen molar-refractivity contribution in [1.29, 1.82) is 5.26 Å². The minimum absolute atomic E-state index is 0.274. The predicted molar refractivity (Wildman–Crippen MR) is 58.0 cm³/mol. The fraction of sp³-hybridized carbons (Fsp3) is 0.909. The number of hydrogen-bond acceptors (Lipinski definition) is 3. The molecule has 0 aromatic rings. The molecule has 0 bridgehead atoms. The Morgan fingerprint density at radius 2 is 2.07 bits per heavy atom. The molecule has 1 unspecified atom stereocenters. The van der Waals surface area contributed by atoms with Gasteiger partial charge in [0.05, 0.1) is 6.07 Å². The second kappa shape index (κ2) is 4.77. The van der Waals surface area contributed by atoms with Crippen LogP contribution in [-0.2, 0) is 0 Å². The van der Waals surface area contributed by atoms with E-state index in [4.69, 9.17) is 5.26 Å². The van der Waals surface area contributed by atoms with Gasteiger partial charge in [-0.2, -0.15) is 5.26 Å². The topological polar surface area (TPSA) is 39.1 Å². The van der Waals surface area contributed by atoms with Crippen molar-refractivity contribution in [2.75, 3.05) is 20.1 Å². The van der Waals surface area contributed by atoms with Crippen LogP contribution in [-0.4, -0.2) is 36.6 Å². The van der Waals surface area contributed by atoms with E-state index in [0.29, 0.717) is 6.04 Å². The van der Waals surface area contributed by atoms with E-state index in [0.717, 1.165) is 32.4 Å². The van der Waals surface area contributed by atoms with Gasteiger partial charge in [0.15, 0.2) is 0 Å². The first-order chi connectivity index (χ1) is 6.63. The maximum atomic E-state index is 9.16. The van der Waals surface area contributed by atoms with E-state index < -0.39 is 0 Å². The van der Waals surface area contributed by atoms with Gasteiger partial charge in [-0.05, 0) is 46.7 Å². The van der Waals surface area contributed by atoms with Crippen molar-refractivity contribution in [2.24, 2.45) is 0 Å². The van der Waals surface area contributed by atoms with Crippen LogP contribution >= 0.6 is 0 Å². The Balaban J connectivity index is 2.61. The quantitative estimate of drug-likeness (QED) is 0.723. The van der Waals surface area contributed by atoms with Gasteiger partial charge in [0.25, 0.3) is 0 Å². The fourth-order valence-corrected chi connectivity index (χ4v) is 2.09. The molecule has 0 aromatic carbocycles. The van der Waals surface area contributed by atoms with Crippen molar-refractivity contribution < 1.29 is 0 Å². The maximum Gasteiger partial charge on any atom is 0.107 e. The summed E-state index contributed by atoms with van der Waals surface area (Å²) in [6.07, 6.45) is 3.04. The van der Waals surface area contributed by atoms with Crippen molar-refractivity contribution in [3.8, 4) is 6.07 Å². The summed E-state index contributed by atoms with van der Waals surface area (Å²) in [5.74, 6) is 0. The lowest BCUT2D eigenvalue weighted by molar-refractivity contribution is 0.226. The van der Waals surface area contributed by atoms with Gasteiger partial charge in [-0.15, -0.1) is 0 Å². The van der Waals surface area contributed by atoms with E-state index in [9.17, 15) is 0 Å². The minimum atomic E-state index is -0.274. The van der Waals surface area contributed by atoms with Gasteiger partial charge in [-0.25, -0.2) is 0 Å². The third-order valence-corrected chi connectivity index (χ3v) is 3.30. The molecule has 1 fully saturated rings. The van der Waals surface area contributed by atoms with Gasteiger partial charge in [-0.1, -0.05) is 0 Å². The van der Waals surface area contributed by atoms with Crippen molar-refractivity contribution in [2.45, 2.75) is 44.7 Å². The Morgan fingerprint density at radius 3 is 2.57 bits per heavy atom. The molecule has 0 saturated carbocycles. The third-order valence-electron chi connectivity index (χ3n) is 3.30. The summed E-state index contributed by atoms with van der Waals surface area (Å²) in [5, 5.41) is 12.3. The van der Waals surface area contributed by atoms with E-state index in [1.165, 1.54) is 0 Å². The lowest BCUT2D eigenvalue weighted by Crippen LogP contribution is -2.42. The molecule has 0 aromatic heterocycles. The van der Waals surface area contributed by atoms with Crippen LogP contribution in [0, 0.1) is 11.3 Å². The standard InChI is InChI=1S/C11H21N3/c1-10(2)14-7-4-5-11(9-12,13-3)6-8-14/h10,13H,4-8H2,1-3H3. The van der Waals surface area contributed by atoms with E-state index in [2.05, 4.69) is 30.1 Å². The molecule has 1 saturated heterocycles. The molecular weight excluding hydrogens is 174 g/mol. The molecule has 0 radical (unpaired) electrons. The molecule has 1 atom stereocenters. The second-order valence-electron chi connectivity index (χ2n) is 4.43. The maximum absolute atomic E-state index is 9.16. The summed E-state index contributed by atoms with van der Waals surface area (Å²) < 4.78 is 0. The van der Waals surface area contributed by atoms with Gasteiger partial charge in [0.2, 0.25) is 0 Å². The third kappa shape index (κ3) is 2.46. The number of likely N-dealkylation sites (tertiary alicyclic amines) is 1. The molecule has 1 heterocycles. The Morgan fingerprint density at radius 1 is 1.36 bits per heavy atom. The molecule has 14 heavy (non-hydrogen) atoms. The number of nitriles is 1. The van der Waals surface area contributed by atoms with Crippen LogP contribution in [0.2, 0.25) is 0 Å². The average Bonchev–Trinajstić information content (AvgIpc) is 2.40. The van der Waals surface area contributed by atoms with Crippen molar-refractivity contribution in [3.63, 3.8) is 0 Å². The second-order valence-corrected chi connectivity index (χ2v) is 4.43. The highest BCUT2D eigenvalue weighted by atomic mass is 15.2. The first kappa shape index (κ1) is 11.5. The van der Waals surface area contributed by atoms with Crippen LogP contribution in [0.4, 0.5) is 0 Å². The normalized spacial score (nSPS) is 29.9. The van der Waals surface area contributed by atoms with Gasteiger partial charge in [0, 0.05) is 12.6 Å². The number of hydrogen-bond donors (Lipinski definition) is 1. The molecule has 1 N–H and O–H groups in total. The summed E-state index contributed by atoms with van der Waals surface area (Å²) in [7, 11) is 1.90. The Bertz CT molecular complexity index is 219. The molecule has 80 valence electrons. The van der Waals surface area contributed by atoms with Crippen LogP contribution in [0.3, 0.4) is 0 Å². The Hall–Kier alpha value is -0.590. The lowest BCUT2D eigenvalue weighted by Gasteiger charge is -2.26. The molecule has 3 heteroatoms. The van der Waals surface area contributed by atoms with Crippen molar-refractivity contribution in [1.82, 2.24) is 10.2 Å². The van der Waals surface area contributed by atoms with E-state index >= 15 is 0 Å². The zero-order chi connectivity index (χ0) is 10.6. The molecule has 1 aliphatic heterocycles. The molecule has 1 aliphatic rings. The first-order valence-corrected chi connectivity index (χ1v) is 5.48. The van der Waals surface area contributed by atoms with Crippen LogP contribution in [0.15, 0.2) is 0 Å². The van der Waals surface area contributed by atoms with Gasteiger partial charge >= 0.3 is 0 Å². The van der Waals surface area contributed by atoms with Crippen LogP contribution in [0.25, 0.3) is 0 Å². The summed E-state index contributed by atoms with van der Waals surface area (Å²) in [4.78, 5) is 2.45. The Labute approximate surface area is 87.1 Å². The largest absolute Gasteiger partial charge is 0.302 e. The SMILES string of the molecule is CNC1(C#N)CCCN(C(C)C)CC1. The lowest BCUT2D eigenvalue weighted by atomic mass is 9.93. The number of nitrogens with one attached hydrogen (secondary N) is 1. The first-order valence-electron chi connectivity index (χ1n) is 5.48. The number of rotatable bonds is 2. The zero-order valence-corrected chi connectivity index (χ0v) is 9.51. The summed E-state index contributed by atoms with van der Waals surface area (Å²) >= 11 is 0. The van der Waals surface area contributed by atoms with Crippen LogP contribution < -0.4 is 5.32 Å². The average molecular weight is 195 g/mol. The fourth-order valence-electron chi connectivity index (χ4n) is 2.09. The van der Waals surface area contributed by atoms with Crippen LogP contribution in [0.1, 0.15) is 33.1 Å². The molecule has 0 aliphatic carbocycles. The zero-order valence-electron chi connectivity index (χ0n) is 9.51. The molecule has 0 amide bonds. The predicted octanol–water partition coefficient (Wildman–Crippen LogP) is 1.36. The van der Waals surface area contributed by atoms with E-state index in [1.54, 1.807) is 0 Å². The van der Waals surface area contributed by atoms with E-state index in [-0.39, 0.29) is 5.54 Å². The van der Waals surface area contributed by atoms with Gasteiger partial charge in [0.1, 0.15) is 5.54 Å². The highest BCUT2D eigenvalue weighted by Crippen LogP contribution is 2.22. The van der Waals surface area contributed by atoms with Gasteiger partial charge < -0.3 is 10.2 Å². The van der Waals surface area contributed by atoms with Crippen molar-refractivity contribution >= 4 is 0 Å². The van der Waals surface area contributed by atoms with Crippen LogP contribution in [0.5, 0.6) is 0 Å². The summed E-state index contributed by atoms with van der Waals surface area (Å²) in [5.41, 5.74) is -0.274. The van der Waals surface area contributed by atoms with Crippen molar-refractivity contribution in [3.05, 3.63) is 0 Å². The van der Waals surface area contributed by atoms with E-state index in [1.807, 2.05) is 7.05 Å². The minimum Gasteiger partial charge on any atom is -0.302 e. The summed E-state index contributed by atoms with van der Waals surface area (Å²) in [6.45, 7) is 6.60. The highest BCUT2D eigenvalue weighted by Gasteiger charge is 2.31. The van der Waals surface area contributed by atoms with Gasteiger partial charge in [-0.3, -0.25) is 0 Å². The molecule has 3 nitrogen and oxygen atoms in total. The molecule has 0 spiro atoms. The Kier molecular flexibility index (Phi) is 3.91. The summed E-state index contributed by atoms with van der Waals surface area (Å²) in [6, 6.07) is 3.03. The highest BCUT2D eigenvalue weighted by molar-refractivity contribution is 5.07. The smallest absolute Gasteiger partial charge is 0.107 e. The molecule has 1 rings (SSSR count). The monoisotopic (exact) mass is 195 g/mol. The number of nitrogens with zero attached hydrogens (tertiary/aromatic N) is 2.